The Morgan fingerprint density at radius 2 is 1.68 bits per heavy atom. The zero-order valence-corrected chi connectivity index (χ0v) is 15.5. The van der Waals surface area contributed by atoms with Gasteiger partial charge >= 0.3 is 0 Å². The van der Waals surface area contributed by atoms with Crippen LogP contribution < -0.4 is 0 Å². The van der Waals surface area contributed by atoms with Crippen molar-refractivity contribution in [2.45, 2.75) is 13.1 Å². The molecule has 2 aromatic carbocycles. The number of amides is 1. The number of rotatable bonds is 6. The molecule has 2 heterocycles. The van der Waals surface area contributed by atoms with Crippen molar-refractivity contribution in [1.82, 2.24) is 29.7 Å². The van der Waals surface area contributed by atoms with Gasteiger partial charge in [-0.25, -0.2) is 9.36 Å². The highest BCUT2D eigenvalue weighted by atomic mass is 16.2. The van der Waals surface area contributed by atoms with Crippen molar-refractivity contribution >= 4 is 5.91 Å². The molecule has 0 unspecified atom stereocenters. The standard InChI is InChI=1S/C21H20N6O/c1-25(13-18-12-22-27(15-18)19-10-6-3-7-11-19)21(28)20-16-26(24-23-20)14-17-8-4-2-5-9-17/h2-12,15-16H,13-14H2,1H3. The summed E-state index contributed by atoms with van der Waals surface area (Å²) in [6.07, 6.45) is 5.37. The van der Waals surface area contributed by atoms with Crippen LogP contribution in [0.5, 0.6) is 0 Å². The molecular weight excluding hydrogens is 352 g/mol. The lowest BCUT2D eigenvalue weighted by atomic mass is 10.2. The highest BCUT2D eigenvalue weighted by Gasteiger charge is 2.17. The second-order valence-corrected chi connectivity index (χ2v) is 6.58. The van der Waals surface area contributed by atoms with Crippen LogP contribution in [-0.2, 0) is 13.1 Å². The number of hydrogen-bond acceptors (Lipinski definition) is 4. The molecular formula is C21H20N6O. The summed E-state index contributed by atoms with van der Waals surface area (Å²) in [5.41, 5.74) is 3.35. The molecule has 7 heteroatoms. The van der Waals surface area contributed by atoms with Gasteiger partial charge in [-0.05, 0) is 17.7 Å². The fourth-order valence-corrected chi connectivity index (χ4v) is 2.95. The van der Waals surface area contributed by atoms with Crippen molar-refractivity contribution in [3.05, 3.63) is 96.1 Å². The molecule has 0 spiro atoms. The molecule has 0 saturated heterocycles. The molecule has 0 aliphatic heterocycles. The lowest BCUT2D eigenvalue weighted by Gasteiger charge is -2.14. The van der Waals surface area contributed by atoms with E-state index in [2.05, 4.69) is 15.4 Å². The van der Waals surface area contributed by atoms with Gasteiger partial charge in [0.15, 0.2) is 5.69 Å². The molecule has 0 atom stereocenters. The maximum absolute atomic E-state index is 12.7. The number of para-hydroxylation sites is 1. The van der Waals surface area contributed by atoms with Gasteiger partial charge in [0.05, 0.1) is 24.6 Å². The van der Waals surface area contributed by atoms with E-state index < -0.39 is 0 Å². The molecule has 0 fully saturated rings. The van der Waals surface area contributed by atoms with E-state index in [1.807, 2.05) is 66.9 Å². The minimum atomic E-state index is -0.174. The quantitative estimate of drug-likeness (QED) is 0.522. The van der Waals surface area contributed by atoms with E-state index in [9.17, 15) is 4.79 Å². The Bertz CT molecular complexity index is 1050. The summed E-state index contributed by atoms with van der Waals surface area (Å²) >= 11 is 0. The number of aromatic nitrogens is 5. The van der Waals surface area contributed by atoms with E-state index in [1.54, 1.807) is 33.7 Å². The van der Waals surface area contributed by atoms with Gasteiger partial charge in [-0.1, -0.05) is 53.7 Å². The summed E-state index contributed by atoms with van der Waals surface area (Å²) in [7, 11) is 1.75. The summed E-state index contributed by atoms with van der Waals surface area (Å²) in [5.74, 6) is -0.174. The largest absolute Gasteiger partial charge is 0.336 e. The van der Waals surface area contributed by atoms with E-state index in [0.717, 1.165) is 16.8 Å². The van der Waals surface area contributed by atoms with Crippen molar-refractivity contribution in [3.63, 3.8) is 0 Å². The van der Waals surface area contributed by atoms with E-state index >= 15 is 0 Å². The third-order valence-corrected chi connectivity index (χ3v) is 4.37. The zero-order valence-electron chi connectivity index (χ0n) is 15.5. The molecule has 0 aliphatic rings. The minimum Gasteiger partial charge on any atom is -0.336 e. The van der Waals surface area contributed by atoms with Gasteiger partial charge in [0, 0.05) is 25.4 Å². The van der Waals surface area contributed by atoms with Crippen molar-refractivity contribution in [2.75, 3.05) is 7.05 Å². The van der Waals surface area contributed by atoms with Crippen molar-refractivity contribution in [1.29, 1.82) is 0 Å². The van der Waals surface area contributed by atoms with Crippen LogP contribution in [0.25, 0.3) is 5.69 Å². The van der Waals surface area contributed by atoms with Crippen LogP contribution in [0.2, 0.25) is 0 Å². The van der Waals surface area contributed by atoms with Crippen molar-refractivity contribution in [3.8, 4) is 5.69 Å². The number of hydrogen-bond donors (Lipinski definition) is 0. The van der Waals surface area contributed by atoms with Gasteiger partial charge < -0.3 is 4.90 Å². The number of carbonyl (C=O) groups is 1. The van der Waals surface area contributed by atoms with Crippen molar-refractivity contribution in [2.24, 2.45) is 0 Å². The lowest BCUT2D eigenvalue weighted by molar-refractivity contribution is 0.0779. The molecule has 7 nitrogen and oxygen atoms in total. The Kier molecular flexibility index (Phi) is 4.97. The summed E-state index contributed by atoms with van der Waals surface area (Å²) < 4.78 is 3.47. The van der Waals surface area contributed by atoms with Crippen LogP contribution >= 0.6 is 0 Å². The maximum atomic E-state index is 12.7. The van der Waals surface area contributed by atoms with Crippen LogP contribution in [0, 0.1) is 0 Å². The van der Waals surface area contributed by atoms with Gasteiger partial charge in [-0.3, -0.25) is 4.79 Å². The van der Waals surface area contributed by atoms with E-state index in [1.165, 1.54) is 0 Å². The monoisotopic (exact) mass is 372 g/mol. The van der Waals surface area contributed by atoms with Crippen LogP contribution in [0.4, 0.5) is 0 Å². The molecule has 4 aromatic rings. The second-order valence-electron chi connectivity index (χ2n) is 6.58. The van der Waals surface area contributed by atoms with Gasteiger partial charge in [-0.2, -0.15) is 5.10 Å². The zero-order chi connectivity index (χ0) is 19.3. The van der Waals surface area contributed by atoms with Crippen LogP contribution in [-0.4, -0.2) is 42.6 Å². The molecule has 0 radical (unpaired) electrons. The molecule has 0 aliphatic carbocycles. The van der Waals surface area contributed by atoms with E-state index in [-0.39, 0.29) is 5.91 Å². The van der Waals surface area contributed by atoms with E-state index in [0.29, 0.717) is 18.8 Å². The number of carbonyl (C=O) groups excluding carboxylic acids is 1. The van der Waals surface area contributed by atoms with Crippen LogP contribution in [0.15, 0.2) is 79.3 Å². The average molecular weight is 372 g/mol. The Balaban J connectivity index is 1.41. The topological polar surface area (TPSA) is 68.8 Å². The third-order valence-electron chi connectivity index (χ3n) is 4.37. The van der Waals surface area contributed by atoms with Gasteiger partial charge in [0.25, 0.3) is 5.91 Å². The molecule has 0 saturated carbocycles. The highest BCUT2D eigenvalue weighted by molar-refractivity contribution is 5.91. The Hall–Kier alpha value is -3.74. The number of benzene rings is 2. The molecule has 4 rings (SSSR count). The summed E-state index contributed by atoms with van der Waals surface area (Å²) in [6.45, 7) is 1.02. The molecule has 1 amide bonds. The Morgan fingerprint density at radius 1 is 0.964 bits per heavy atom. The number of nitrogens with zero attached hydrogens (tertiary/aromatic N) is 6. The summed E-state index contributed by atoms with van der Waals surface area (Å²) in [5, 5.41) is 12.5. The lowest BCUT2D eigenvalue weighted by Crippen LogP contribution is -2.26. The van der Waals surface area contributed by atoms with Crippen LogP contribution in [0.1, 0.15) is 21.6 Å². The average Bonchev–Trinajstić information content (AvgIpc) is 3.39. The van der Waals surface area contributed by atoms with Crippen LogP contribution in [0.3, 0.4) is 0 Å². The first kappa shape index (κ1) is 17.7. The first-order valence-electron chi connectivity index (χ1n) is 8.97. The van der Waals surface area contributed by atoms with Gasteiger partial charge in [0.2, 0.25) is 0 Å². The molecule has 140 valence electrons. The Morgan fingerprint density at radius 3 is 2.43 bits per heavy atom. The predicted molar refractivity (Wildman–Crippen MR) is 105 cm³/mol. The van der Waals surface area contributed by atoms with Gasteiger partial charge in [0.1, 0.15) is 0 Å². The first-order chi connectivity index (χ1) is 13.7. The maximum Gasteiger partial charge on any atom is 0.276 e. The summed E-state index contributed by atoms with van der Waals surface area (Å²) in [6, 6.07) is 19.8. The van der Waals surface area contributed by atoms with Crippen molar-refractivity contribution < 1.29 is 4.79 Å². The smallest absolute Gasteiger partial charge is 0.276 e. The van der Waals surface area contributed by atoms with Gasteiger partial charge in [-0.15, -0.1) is 5.10 Å². The predicted octanol–water partition coefficient (Wildman–Crippen LogP) is 2.78. The molecule has 2 aromatic heterocycles. The molecule has 28 heavy (non-hydrogen) atoms. The fraction of sp³-hybridized carbons (Fsp3) is 0.143. The third kappa shape index (κ3) is 3.98. The fourth-order valence-electron chi connectivity index (χ4n) is 2.95. The molecule has 0 N–H and O–H groups in total. The van der Waals surface area contributed by atoms with E-state index in [4.69, 9.17) is 0 Å². The molecule has 0 bridgehead atoms. The minimum absolute atomic E-state index is 0.174. The summed E-state index contributed by atoms with van der Waals surface area (Å²) in [4.78, 5) is 14.3. The second kappa shape index (κ2) is 7.87. The highest BCUT2D eigenvalue weighted by Crippen LogP contribution is 2.11. The Labute approximate surface area is 162 Å². The first-order valence-corrected chi connectivity index (χ1v) is 8.97. The normalized spacial score (nSPS) is 10.8. The SMILES string of the molecule is CN(Cc1cnn(-c2ccccc2)c1)C(=O)c1cn(Cc2ccccc2)nn1.